The number of rotatable bonds is 5. The van der Waals surface area contributed by atoms with Gasteiger partial charge in [0.05, 0.1) is 0 Å². The SMILES string of the molecule is NOOOS(=O)OOO. The van der Waals surface area contributed by atoms with Crippen LogP contribution < -0.4 is 5.90 Å². The van der Waals surface area contributed by atoms with Gasteiger partial charge in [0.2, 0.25) is 0 Å². The van der Waals surface area contributed by atoms with Crippen molar-refractivity contribution >= 4 is 11.4 Å². The van der Waals surface area contributed by atoms with Gasteiger partial charge in [-0.3, -0.25) is 0 Å². The molecule has 0 amide bonds. The van der Waals surface area contributed by atoms with Crippen LogP contribution in [0.3, 0.4) is 0 Å². The maximum absolute atomic E-state index is 9.92. The average Bonchev–Trinajstić information content (AvgIpc) is 1.85. The van der Waals surface area contributed by atoms with Crippen LogP contribution in [-0.4, -0.2) is 9.47 Å². The normalized spacial score (nSPS) is 13.6. The summed E-state index contributed by atoms with van der Waals surface area (Å²) in [5.74, 6) is 4.23. The molecule has 0 fully saturated rings. The molecule has 0 rings (SSSR count). The van der Waals surface area contributed by atoms with E-state index in [0.717, 1.165) is 0 Å². The van der Waals surface area contributed by atoms with Gasteiger partial charge in [0.25, 0.3) is 0 Å². The van der Waals surface area contributed by atoms with Gasteiger partial charge < -0.3 is 0 Å². The predicted molar refractivity (Wildman–Crippen MR) is 20.4 cm³/mol. The topological polar surface area (TPSA) is 109 Å². The van der Waals surface area contributed by atoms with Crippen molar-refractivity contribution in [1.29, 1.82) is 0 Å². The van der Waals surface area contributed by atoms with Crippen LogP contribution in [-0.2, 0) is 35.1 Å². The third kappa shape index (κ3) is 5.75. The highest BCUT2D eigenvalue weighted by molar-refractivity contribution is 7.74. The van der Waals surface area contributed by atoms with Crippen molar-refractivity contribution in [1.82, 2.24) is 0 Å². The van der Waals surface area contributed by atoms with Crippen molar-refractivity contribution in [2.75, 3.05) is 0 Å². The van der Waals surface area contributed by atoms with Crippen molar-refractivity contribution in [2.24, 2.45) is 5.90 Å². The lowest BCUT2D eigenvalue weighted by Gasteiger charge is -1.92. The summed E-state index contributed by atoms with van der Waals surface area (Å²) in [5, 5.41) is 13.7. The molecule has 0 aliphatic carbocycles. The van der Waals surface area contributed by atoms with E-state index in [9.17, 15) is 4.21 Å². The van der Waals surface area contributed by atoms with Gasteiger partial charge in [0, 0.05) is 0 Å². The third-order valence-corrected chi connectivity index (χ3v) is 0.547. The van der Waals surface area contributed by atoms with E-state index in [1.807, 2.05) is 0 Å². The minimum atomic E-state index is -2.42. The molecule has 0 aromatic heterocycles. The van der Waals surface area contributed by atoms with Crippen LogP contribution in [0.2, 0.25) is 0 Å². The molecule has 9 heteroatoms. The van der Waals surface area contributed by atoms with Gasteiger partial charge >= 0.3 is 11.4 Å². The highest BCUT2D eigenvalue weighted by Crippen LogP contribution is 1.87. The molecule has 3 N–H and O–H groups in total. The van der Waals surface area contributed by atoms with Crippen molar-refractivity contribution in [3.05, 3.63) is 0 Å². The zero-order valence-electron chi connectivity index (χ0n) is 3.88. The molecule has 1 atom stereocenters. The molecule has 56 valence electrons. The largest absolute Gasteiger partial charge is 0.367 e. The summed E-state index contributed by atoms with van der Waals surface area (Å²) in [5.41, 5.74) is 0. The fourth-order valence-corrected chi connectivity index (χ4v) is 0.225. The van der Waals surface area contributed by atoms with E-state index in [-0.39, 0.29) is 0 Å². The number of nitrogens with two attached hydrogens (primary N) is 1. The average molecular weight is 161 g/mol. The van der Waals surface area contributed by atoms with Gasteiger partial charge in [-0.15, -0.1) is 4.99 Å². The Kier molecular flexibility index (Phi) is 5.91. The summed E-state index contributed by atoms with van der Waals surface area (Å²) < 4.78 is 16.9. The third-order valence-electron chi connectivity index (χ3n) is 0.209. The molecule has 1 unspecified atom stereocenters. The first-order valence-electron chi connectivity index (χ1n) is 1.42. The molecule has 0 spiro atoms. The fraction of sp³-hybridized carbons (Fsp3) is 0. The lowest BCUT2D eigenvalue weighted by molar-refractivity contribution is -0.485. The van der Waals surface area contributed by atoms with Crippen LogP contribution in [0.5, 0.6) is 0 Å². The first-order valence-corrected chi connectivity index (χ1v) is 2.42. The summed E-state index contributed by atoms with van der Waals surface area (Å²) >= 11 is -2.42. The molecule has 0 aromatic rings. The van der Waals surface area contributed by atoms with Crippen molar-refractivity contribution < 1.29 is 33.2 Å². The van der Waals surface area contributed by atoms with E-state index >= 15 is 0 Å². The summed E-state index contributed by atoms with van der Waals surface area (Å²) in [6.07, 6.45) is 0. The lowest BCUT2D eigenvalue weighted by Crippen LogP contribution is -2.06. The van der Waals surface area contributed by atoms with E-state index in [1.54, 1.807) is 0 Å². The number of hydrogen-bond acceptors (Lipinski definition) is 8. The molecule has 0 bridgehead atoms. The maximum atomic E-state index is 9.92. The smallest absolute Gasteiger partial charge is 0.220 e. The van der Waals surface area contributed by atoms with Gasteiger partial charge in [-0.05, 0) is 5.04 Å². The first-order chi connectivity index (χ1) is 4.31. The molecule has 0 saturated carbocycles. The van der Waals surface area contributed by atoms with Crippen molar-refractivity contribution in [3.8, 4) is 0 Å². The summed E-state index contributed by atoms with van der Waals surface area (Å²) in [6, 6.07) is 0. The fourth-order valence-electron chi connectivity index (χ4n) is 0.0749. The van der Waals surface area contributed by atoms with Gasteiger partial charge in [-0.2, -0.15) is 10.1 Å². The van der Waals surface area contributed by atoms with Crippen LogP contribution in [0.4, 0.5) is 0 Å². The van der Waals surface area contributed by atoms with E-state index in [1.165, 1.54) is 0 Å². The van der Waals surface area contributed by atoms with Crippen LogP contribution in [0.15, 0.2) is 0 Å². The Labute approximate surface area is 51.5 Å². The Morgan fingerprint density at radius 3 is 2.56 bits per heavy atom. The zero-order chi connectivity index (χ0) is 7.11. The molecule has 0 saturated heterocycles. The van der Waals surface area contributed by atoms with Crippen molar-refractivity contribution in [3.63, 3.8) is 0 Å². The number of hydrogen-bond donors (Lipinski definition) is 2. The standard InChI is InChI=1S/H3NO7S/c1-4-6-8-9(3)7-5-2/h2H,1H2. The van der Waals surface area contributed by atoms with E-state index in [4.69, 9.17) is 5.26 Å². The van der Waals surface area contributed by atoms with E-state index in [2.05, 4.69) is 29.6 Å². The molecule has 0 aliphatic rings. The molecule has 9 heavy (non-hydrogen) atoms. The highest BCUT2D eigenvalue weighted by atomic mass is 32.2. The second kappa shape index (κ2) is 6.00. The van der Waals surface area contributed by atoms with E-state index in [0.29, 0.717) is 0 Å². The Morgan fingerprint density at radius 2 is 2.11 bits per heavy atom. The molecule has 8 nitrogen and oxygen atoms in total. The summed E-state index contributed by atoms with van der Waals surface area (Å²) in [4.78, 5) is 3.33. The van der Waals surface area contributed by atoms with Gasteiger partial charge in [0.15, 0.2) is 0 Å². The molecule has 0 aromatic carbocycles. The molecule has 0 heterocycles. The van der Waals surface area contributed by atoms with Gasteiger partial charge in [-0.25, -0.2) is 5.26 Å². The first kappa shape index (κ1) is 8.87. The molecular formula is H3NO7S. The molecule has 0 aliphatic heterocycles. The highest BCUT2D eigenvalue weighted by Gasteiger charge is 2.01. The van der Waals surface area contributed by atoms with Crippen LogP contribution in [0.25, 0.3) is 0 Å². The van der Waals surface area contributed by atoms with Crippen LogP contribution >= 0.6 is 0 Å². The molecular weight excluding hydrogens is 158 g/mol. The monoisotopic (exact) mass is 161 g/mol. The van der Waals surface area contributed by atoms with Crippen LogP contribution in [0, 0.1) is 0 Å². The Bertz CT molecular complexity index is 81.0. The zero-order valence-corrected chi connectivity index (χ0v) is 4.70. The van der Waals surface area contributed by atoms with E-state index < -0.39 is 11.4 Å². The Hall–Kier alpha value is -0.130. The lowest BCUT2D eigenvalue weighted by atomic mass is 13.5. The van der Waals surface area contributed by atoms with Gasteiger partial charge in [0.1, 0.15) is 0 Å². The van der Waals surface area contributed by atoms with Crippen molar-refractivity contribution in [2.45, 2.75) is 0 Å². The predicted octanol–water partition coefficient (Wildman–Crippen LogP) is -1.26. The maximum Gasteiger partial charge on any atom is 0.367 e. The second-order valence-corrected chi connectivity index (χ2v) is 1.26. The Morgan fingerprint density at radius 1 is 1.44 bits per heavy atom. The van der Waals surface area contributed by atoms with Gasteiger partial charge in [-0.1, -0.05) is 13.7 Å². The minimum absolute atomic E-state index is 2.42. The Balaban J connectivity index is 3.06. The second-order valence-electron chi connectivity index (χ2n) is 0.579. The minimum Gasteiger partial charge on any atom is -0.220 e. The summed E-state index contributed by atoms with van der Waals surface area (Å²) in [6.45, 7) is 0. The van der Waals surface area contributed by atoms with Crippen LogP contribution in [0.1, 0.15) is 0 Å². The quantitative estimate of drug-likeness (QED) is 0.379. The summed E-state index contributed by atoms with van der Waals surface area (Å²) in [7, 11) is 0. The molecule has 0 radical (unpaired) electrons.